The summed E-state index contributed by atoms with van der Waals surface area (Å²) in [5.41, 5.74) is 8.02. The van der Waals surface area contributed by atoms with E-state index in [0.29, 0.717) is 29.7 Å². The monoisotopic (exact) mass is 576 g/mol. The van der Waals surface area contributed by atoms with Gasteiger partial charge in [-0.3, -0.25) is 19.4 Å². The summed E-state index contributed by atoms with van der Waals surface area (Å²) in [6.45, 7) is -0.209. The number of nitrogens with two attached hydrogens (primary N) is 1. The third-order valence-electron chi connectivity index (χ3n) is 7.52. The maximum absolute atomic E-state index is 13.7. The maximum atomic E-state index is 13.7. The fourth-order valence-corrected chi connectivity index (χ4v) is 5.38. The molecule has 2 aromatic carbocycles. The van der Waals surface area contributed by atoms with Crippen molar-refractivity contribution in [2.24, 2.45) is 5.73 Å². The van der Waals surface area contributed by atoms with Gasteiger partial charge in [-0.15, -0.1) is 0 Å². The molecule has 2 aliphatic rings. The zero-order valence-electron chi connectivity index (χ0n) is 22.8. The van der Waals surface area contributed by atoms with Crippen LogP contribution in [0, 0.1) is 11.3 Å². The fraction of sp³-hybridized carbons (Fsp3) is 0.367. The van der Waals surface area contributed by atoms with Crippen LogP contribution in [0.2, 0.25) is 0 Å². The largest absolute Gasteiger partial charge is 0.489 e. The highest BCUT2D eigenvalue weighted by atomic mass is 19.3. The Kier molecular flexibility index (Phi) is 8.31. The van der Waals surface area contributed by atoms with Crippen LogP contribution in [0.4, 0.5) is 8.78 Å². The Hall–Kier alpha value is -4.63. The first-order valence-corrected chi connectivity index (χ1v) is 13.7. The number of nitrogens with one attached hydrogen (secondary N) is 1. The van der Waals surface area contributed by atoms with Gasteiger partial charge in [0.15, 0.2) is 0 Å². The lowest BCUT2D eigenvalue weighted by molar-refractivity contribution is -0.132. The third kappa shape index (κ3) is 6.31. The summed E-state index contributed by atoms with van der Waals surface area (Å²) in [6, 6.07) is 15.0. The predicted molar refractivity (Wildman–Crippen MR) is 149 cm³/mol. The molecular formula is C30H30F2N6O4. The molecule has 5 rings (SSSR count). The van der Waals surface area contributed by atoms with Crippen LogP contribution in [0.1, 0.15) is 29.6 Å². The van der Waals surface area contributed by atoms with Crippen molar-refractivity contribution in [2.75, 3.05) is 32.7 Å². The van der Waals surface area contributed by atoms with Gasteiger partial charge in [0.25, 0.3) is 11.8 Å². The van der Waals surface area contributed by atoms with Gasteiger partial charge >= 0.3 is 0 Å². The van der Waals surface area contributed by atoms with E-state index in [-0.39, 0.29) is 24.1 Å². The Balaban J connectivity index is 1.27. The molecule has 1 unspecified atom stereocenters. The molecule has 10 nitrogen and oxygen atoms in total. The number of ether oxygens (including phenoxy) is 1. The van der Waals surface area contributed by atoms with Crippen molar-refractivity contribution in [3.63, 3.8) is 0 Å². The van der Waals surface area contributed by atoms with Gasteiger partial charge in [0.1, 0.15) is 17.9 Å². The van der Waals surface area contributed by atoms with Crippen molar-refractivity contribution >= 4 is 28.6 Å². The second kappa shape index (κ2) is 12.1. The van der Waals surface area contributed by atoms with E-state index < -0.39 is 43.3 Å². The van der Waals surface area contributed by atoms with Crippen LogP contribution in [0.5, 0.6) is 5.75 Å². The Morgan fingerprint density at radius 1 is 1.12 bits per heavy atom. The summed E-state index contributed by atoms with van der Waals surface area (Å²) in [6.07, 6.45) is 2.33. The van der Waals surface area contributed by atoms with Crippen LogP contribution < -0.4 is 15.8 Å². The third-order valence-corrected chi connectivity index (χ3v) is 7.52. The molecule has 0 radical (unpaired) electrons. The van der Waals surface area contributed by atoms with Gasteiger partial charge in [0.2, 0.25) is 11.8 Å². The number of carbonyl (C=O) groups excluding carboxylic acids is 3. The van der Waals surface area contributed by atoms with Crippen LogP contribution in [-0.4, -0.2) is 83.3 Å². The van der Waals surface area contributed by atoms with Crippen molar-refractivity contribution in [3.05, 3.63) is 60.3 Å². The molecule has 3 N–H and O–H groups in total. The summed E-state index contributed by atoms with van der Waals surface area (Å²) < 4.78 is 33.6. The van der Waals surface area contributed by atoms with Gasteiger partial charge in [-0.05, 0) is 54.3 Å². The van der Waals surface area contributed by atoms with Crippen LogP contribution in [0.3, 0.4) is 0 Å². The summed E-state index contributed by atoms with van der Waals surface area (Å²) in [5, 5.41) is 12.2. The number of alkyl halides is 2. The molecular weight excluding hydrogens is 546 g/mol. The zero-order chi connectivity index (χ0) is 29.9. The summed E-state index contributed by atoms with van der Waals surface area (Å²) in [7, 11) is 0. The average Bonchev–Trinajstić information content (AvgIpc) is 3.33. The number of halogens is 2. The van der Waals surface area contributed by atoms with E-state index >= 15 is 0 Å². The lowest BCUT2D eigenvalue weighted by atomic mass is 10.0. The molecule has 12 heteroatoms. The molecule has 0 aliphatic carbocycles. The number of pyridine rings is 1. The van der Waals surface area contributed by atoms with Crippen LogP contribution in [0.15, 0.2) is 54.7 Å². The van der Waals surface area contributed by atoms with E-state index in [0.717, 1.165) is 28.9 Å². The van der Waals surface area contributed by atoms with Crippen molar-refractivity contribution in [1.82, 2.24) is 20.1 Å². The molecule has 2 fully saturated rings. The molecule has 2 saturated heterocycles. The first-order valence-electron chi connectivity index (χ1n) is 13.7. The number of nitriles is 1. The number of nitrogens with zero attached hydrogens (tertiary/aromatic N) is 4. The molecule has 3 aromatic rings. The zero-order valence-corrected chi connectivity index (χ0v) is 22.8. The number of amides is 3. The molecule has 0 bridgehead atoms. The Labute approximate surface area is 241 Å². The van der Waals surface area contributed by atoms with E-state index in [1.54, 1.807) is 17.0 Å². The Bertz CT molecular complexity index is 1540. The van der Waals surface area contributed by atoms with E-state index in [1.807, 2.05) is 36.4 Å². The molecule has 0 saturated carbocycles. The summed E-state index contributed by atoms with van der Waals surface area (Å²) in [5.74, 6) is -3.86. The number of carbonyl (C=O) groups is 3. The maximum Gasteiger partial charge on any atom is 0.268 e. The fourth-order valence-electron chi connectivity index (χ4n) is 5.38. The van der Waals surface area contributed by atoms with Crippen molar-refractivity contribution in [3.8, 4) is 22.9 Å². The van der Waals surface area contributed by atoms with Crippen molar-refractivity contribution in [1.29, 1.82) is 5.26 Å². The number of piperidine rings is 1. The first kappa shape index (κ1) is 28.9. The molecule has 1 aromatic heterocycles. The molecule has 218 valence electrons. The summed E-state index contributed by atoms with van der Waals surface area (Å²) >= 11 is 0. The number of rotatable bonds is 7. The number of hydrogen-bond donors (Lipinski definition) is 2. The lowest BCUT2D eigenvalue weighted by Gasteiger charge is -2.32. The number of fused-ring (bicyclic) bond motifs is 1. The second-order valence-electron chi connectivity index (χ2n) is 10.5. The Morgan fingerprint density at radius 3 is 2.62 bits per heavy atom. The van der Waals surface area contributed by atoms with Gasteiger partial charge in [-0.25, -0.2) is 8.78 Å². The molecule has 2 aliphatic heterocycles. The van der Waals surface area contributed by atoms with Crippen LogP contribution in [0.25, 0.3) is 22.0 Å². The minimum atomic E-state index is -3.13. The SMILES string of the molecule is N#C[C@@H]1CC(F)(F)CN1C(=O)CNC(=O)c1ccnc2ccc(-c3ccc(OC4CCCN(C(=O)CN)C4)cc3)cc12. The average molecular weight is 577 g/mol. The standard InChI is InChI=1S/C30H30F2N6O4/c31-30(32)13-21(14-33)38(18-30)28(40)16-36-29(41)24-9-10-35-26-8-5-20(12-25(24)26)19-3-6-22(7-4-19)42-23-2-1-11-37(17-23)27(39)15-34/h3-10,12,21,23H,1-2,11,13,15-18,34H2,(H,36,41)/t21-,23?/m0/s1. The molecule has 3 heterocycles. The van der Waals surface area contributed by atoms with Crippen LogP contribution >= 0.6 is 0 Å². The number of likely N-dealkylation sites (tertiary alicyclic amines) is 2. The van der Waals surface area contributed by atoms with Gasteiger partial charge in [0, 0.05) is 24.5 Å². The second-order valence-corrected chi connectivity index (χ2v) is 10.5. The highest BCUT2D eigenvalue weighted by Crippen LogP contribution is 2.32. The van der Waals surface area contributed by atoms with Crippen molar-refractivity contribution in [2.45, 2.75) is 37.3 Å². The van der Waals surface area contributed by atoms with E-state index in [1.165, 1.54) is 12.3 Å². The van der Waals surface area contributed by atoms with Crippen LogP contribution in [-0.2, 0) is 9.59 Å². The predicted octanol–water partition coefficient (Wildman–Crippen LogP) is 2.72. The molecule has 0 spiro atoms. The van der Waals surface area contributed by atoms with E-state index in [9.17, 15) is 23.2 Å². The van der Waals surface area contributed by atoms with Crippen molar-refractivity contribution < 1.29 is 27.9 Å². The van der Waals surface area contributed by atoms with Gasteiger partial charge in [0.05, 0.1) is 43.3 Å². The van der Waals surface area contributed by atoms with E-state index in [2.05, 4.69) is 10.3 Å². The molecule has 3 amide bonds. The number of benzene rings is 2. The van der Waals surface area contributed by atoms with E-state index in [4.69, 9.17) is 15.7 Å². The molecule has 42 heavy (non-hydrogen) atoms. The van der Waals surface area contributed by atoms with Gasteiger partial charge < -0.3 is 25.6 Å². The Morgan fingerprint density at radius 2 is 1.88 bits per heavy atom. The topological polar surface area (TPSA) is 142 Å². The number of hydrogen-bond acceptors (Lipinski definition) is 7. The normalized spacial score (nSPS) is 19.8. The lowest BCUT2D eigenvalue weighted by Crippen LogP contribution is -2.46. The molecule has 2 atom stereocenters. The number of aromatic nitrogens is 1. The minimum Gasteiger partial charge on any atom is -0.489 e. The first-order chi connectivity index (χ1) is 20.2. The quantitative estimate of drug-likeness (QED) is 0.441. The van der Waals surface area contributed by atoms with Gasteiger partial charge in [-0.2, -0.15) is 5.26 Å². The highest BCUT2D eigenvalue weighted by molar-refractivity contribution is 6.07. The van der Waals surface area contributed by atoms with Gasteiger partial charge in [-0.1, -0.05) is 18.2 Å². The smallest absolute Gasteiger partial charge is 0.268 e. The highest BCUT2D eigenvalue weighted by Gasteiger charge is 2.47. The minimum absolute atomic E-state index is 0.0208. The summed E-state index contributed by atoms with van der Waals surface area (Å²) in [4.78, 5) is 44.4.